The van der Waals surface area contributed by atoms with Gasteiger partial charge in [-0.25, -0.2) is 0 Å². The third kappa shape index (κ3) is 2.89. The molecule has 0 spiro atoms. The number of halogens is 2. The molecule has 1 aliphatic carbocycles. The van der Waals surface area contributed by atoms with Crippen LogP contribution in [0.15, 0.2) is 12.2 Å². The summed E-state index contributed by atoms with van der Waals surface area (Å²) < 4.78 is 3.97. The quantitative estimate of drug-likeness (QED) is 0.427. The highest BCUT2D eigenvalue weighted by atomic mass is 35.5. The monoisotopic (exact) mass is 236 g/mol. The second kappa shape index (κ2) is 4.54. The lowest BCUT2D eigenvalue weighted by Crippen LogP contribution is -2.12. The van der Waals surface area contributed by atoms with Gasteiger partial charge in [0.2, 0.25) is 0 Å². The van der Waals surface area contributed by atoms with Crippen molar-refractivity contribution in [3.63, 3.8) is 0 Å². The van der Waals surface area contributed by atoms with E-state index in [-0.39, 0.29) is 17.8 Å². The lowest BCUT2D eigenvalue weighted by atomic mass is 9.99. The Hall–Kier alpha value is -0.210. The van der Waals surface area contributed by atoms with Crippen LogP contribution in [0.2, 0.25) is 0 Å². The Morgan fingerprint density at radius 1 is 1.71 bits per heavy atom. The maximum Gasteiger partial charge on any atom is 0.306 e. The standard InChI is InChI=1S/C10H14Cl2O2/c1-3-4-7(5-9(13)14-2)8-6-10(8,11)12/h3-4,7-8H,5-6H2,1-2H3/b4-3+/t7-,8-/m0/s1. The zero-order valence-corrected chi connectivity index (χ0v) is 9.81. The van der Waals surface area contributed by atoms with E-state index in [4.69, 9.17) is 23.2 Å². The van der Waals surface area contributed by atoms with Crippen LogP contribution in [0.3, 0.4) is 0 Å². The molecule has 80 valence electrons. The molecule has 4 heteroatoms. The highest BCUT2D eigenvalue weighted by molar-refractivity contribution is 6.50. The molecule has 1 fully saturated rings. The second-order valence-electron chi connectivity index (χ2n) is 3.54. The van der Waals surface area contributed by atoms with Gasteiger partial charge in [-0.05, 0) is 19.3 Å². The Morgan fingerprint density at radius 2 is 2.29 bits per heavy atom. The van der Waals surface area contributed by atoms with Crippen LogP contribution in [0.5, 0.6) is 0 Å². The van der Waals surface area contributed by atoms with Crippen molar-refractivity contribution in [2.75, 3.05) is 7.11 Å². The Balaban J connectivity index is 2.53. The number of hydrogen-bond acceptors (Lipinski definition) is 2. The number of methoxy groups -OCH3 is 1. The topological polar surface area (TPSA) is 26.3 Å². The molecular formula is C10H14Cl2O2. The van der Waals surface area contributed by atoms with Crippen LogP contribution in [0.4, 0.5) is 0 Å². The summed E-state index contributed by atoms with van der Waals surface area (Å²) in [5, 5.41) is 0. The fourth-order valence-electron chi connectivity index (χ4n) is 1.57. The van der Waals surface area contributed by atoms with E-state index in [1.807, 2.05) is 19.1 Å². The Labute approximate surface area is 94.2 Å². The molecule has 2 nitrogen and oxygen atoms in total. The predicted molar refractivity (Wildman–Crippen MR) is 57.5 cm³/mol. The minimum Gasteiger partial charge on any atom is -0.469 e. The average molecular weight is 237 g/mol. The van der Waals surface area contributed by atoms with Gasteiger partial charge in [0.1, 0.15) is 4.33 Å². The Morgan fingerprint density at radius 3 is 2.64 bits per heavy atom. The molecule has 0 bridgehead atoms. The van der Waals surface area contributed by atoms with Gasteiger partial charge in [-0.1, -0.05) is 12.2 Å². The molecule has 0 heterocycles. The van der Waals surface area contributed by atoms with Crippen molar-refractivity contribution in [2.24, 2.45) is 11.8 Å². The van der Waals surface area contributed by atoms with Crippen LogP contribution < -0.4 is 0 Å². The molecule has 1 saturated carbocycles. The highest BCUT2D eigenvalue weighted by Crippen LogP contribution is 2.57. The van der Waals surface area contributed by atoms with Crippen LogP contribution in [0, 0.1) is 11.8 Å². The molecule has 2 atom stereocenters. The number of ether oxygens (including phenoxy) is 1. The molecule has 0 aromatic carbocycles. The third-order valence-electron chi connectivity index (χ3n) is 2.46. The number of alkyl halides is 2. The first kappa shape index (κ1) is 11.9. The fraction of sp³-hybridized carbons (Fsp3) is 0.700. The van der Waals surface area contributed by atoms with Crippen LogP contribution in [-0.4, -0.2) is 17.4 Å². The number of allylic oxidation sites excluding steroid dienone is 2. The van der Waals surface area contributed by atoms with Gasteiger partial charge >= 0.3 is 5.97 Å². The summed E-state index contributed by atoms with van der Waals surface area (Å²) in [5.41, 5.74) is 0. The lowest BCUT2D eigenvalue weighted by Gasteiger charge is -2.11. The van der Waals surface area contributed by atoms with E-state index >= 15 is 0 Å². The van der Waals surface area contributed by atoms with Crippen molar-refractivity contribution in [3.05, 3.63) is 12.2 Å². The summed E-state index contributed by atoms with van der Waals surface area (Å²) >= 11 is 11.9. The smallest absolute Gasteiger partial charge is 0.306 e. The largest absolute Gasteiger partial charge is 0.469 e. The first-order chi connectivity index (χ1) is 6.51. The second-order valence-corrected chi connectivity index (χ2v) is 5.08. The van der Waals surface area contributed by atoms with Crippen molar-refractivity contribution >= 4 is 29.2 Å². The van der Waals surface area contributed by atoms with Crippen molar-refractivity contribution in [1.29, 1.82) is 0 Å². The van der Waals surface area contributed by atoms with Gasteiger partial charge in [0.25, 0.3) is 0 Å². The molecule has 14 heavy (non-hydrogen) atoms. The zero-order valence-electron chi connectivity index (χ0n) is 8.30. The molecule has 1 rings (SSSR count). The van der Waals surface area contributed by atoms with Crippen LogP contribution in [0.25, 0.3) is 0 Å². The van der Waals surface area contributed by atoms with Gasteiger partial charge < -0.3 is 4.74 Å². The van der Waals surface area contributed by atoms with Gasteiger partial charge in [0.15, 0.2) is 0 Å². The third-order valence-corrected chi connectivity index (χ3v) is 3.33. The molecule has 0 saturated heterocycles. The minimum absolute atomic E-state index is 0.0995. The molecule has 0 N–H and O–H groups in total. The van der Waals surface area contributed by atoms with E-state index in [2.05, 4.69) is 4.74 Å². The van der Waals surface area contributed by atoms with E-state index in [0.717, 1.165) is 6.42 Å². The molecular weight excluding hydrogens is 223 g/mol. The SMILES string of the molecule is C/C=C/[C@@H](CC(=O)OC)[C@@H]1CC1(Cl)Cl. The summed E-state index contributed by atoms with van der Waals surface area (Å²) in [4.78, 5) is 11.1. The van der Waals surface area contributed by atoms with Crippen LogP contribution >= 0.6 is 23.2 Å². The highest BCUT2D eigenvalue weighted by Gasteiger charge is 2.55. The molecule has 0 radical (unpaired) electrons. The Kier molecular flexibility index (Phi) is 3.85. The predicted octanol–water partition coefficient (Wildman–Crippen LogP) is 2.94. The number of hydrogen-bond donors (Lipinski definition) is 0. The number of rotatable bonds is 4. The van der Waals surface area contributed by atoms with Crippen molar-refractivity contribution in [2.45, 2.75) is 24.1 Å². The van der Waals surface area contributed by atoms with E-state index in [1.165, 1.54) is 7.11 Å². The molecule has 1 aliphatic rings. The molecule has 0 aromatic heterocycles. The maximum absolute atomic E-state index is 11.1. The summed E-state index contributed by atoms with van der Waals surface area (Å²) in [6.45, 7) is 1.91. The summed E-state index contributed by atoms with van der Waals surface area (Å²) in [6, 6.07) is 0. The van der Waals surface area contributed by atoms with Crippen LogP contribution in [0.1, 0.15) is 19.8 Å². The average Bonchev–Trinajstić information content (AvgIpc) is 2.74. The van der Waals surface area contributed by atoms with E-state index in [1.54, 1.807) is 0 Å². The minimum atomic E-state index is -0.641. The fourth-order valence-corrected chi connectivity index (χ4v) is 2.22. The molecule has 0 amide bonds. The van der Waals surface area contributed by atoms with E-state index in [0.29, 0.717) is 6.42 Å². The molecule has 0 aliphatic heterocycles. The van der Waals surface area contributed by atoms with Gasteiger partial charge in [-0.3, -0.25) is 4.79 Å². The number of carbonyl (C=O) groups excluding carboxylic acids is 1. The van der Waals surface area contributed by atoms with Crippen molar-refractivity contribution < 1.29 is 9.53 Å². The van der Waals surface area contributed by atoms with Gasteiger partial charge in [0, 0.05) is 5.92 Å². The van der Waals surface area contributed by atoms with Crippen molar-refractivity contribution in [3.8, 4) is 0 Å². The first-order valence-electron chi connectivity index (χ1n) is 4.58. The van der Waals surface area contributed by atoms with Gasteiger partial charge in [-0.15, -0.1) is 23.2 Å². The lowest BCUT2D eigenvalue weighted by molar-refractivity contribution is -0.141. The van der Waals surface area contributed by atoms with Gasteiger partial charge in [-0.2, -0.15) is 0 Å². The zero-order chi connectivity index (χ0) is 10.8. The molecule has 0 unspecified atom stereocenters. The van der Waals surface area contributed by atoms with Crippen molar-refractivity contribution in [1.82, 2.24) is 0 Å². The summed E-state index contributed by atoms with van der Waals surface area (Å²) in [6.07, 6.45) is 4.98. The van der Waals surface area contributed by atoms with E-state index in [9.17, 15) is 4.79 Å². The number of esters is 1. The first-order valence-corrected chi connectivity index (χ1v) is 5.34. The van der Waals surface area contributed by atoms with Gasteiger partial charge in [0.05, 0.1) is 13.5 Å². The van der Waals surface area contributed by atoms with Crippen LogP contribution in [-0.2, 0) is 9.53 Å². The Bertz CT molecular complexity index is 249. The number of carbonyl (C=O) groups is 1. The normalized spacial score (nSPS) is 26.1. The maximum atomic E-state index is 11.1. The molecule has 0 aromatic rings. The summed E-state index contributed by atoms with van der Waals surface area (Å²) in [7, 11) is 1.39. The van der Waals surface area contributed by atoms with E-state index < -0.39 is 4.33 Å². The summed E-state index contributed by atoms with van der Waals surface area (Å²) in [5.74, 6) is 0.0627.